The van der Waals surface area contributed by atoms with Gasteiger partial charge in [0.05, 0.1) is 10.2 Å². The molecule has 1 N–H and O–H groups in total. The summed E-state index contributed by atoms with van der Waals surface area (Å²) in [4.78, 5) is 17.2. The average molecular weight is 370 g/mol. The minimum absolute atomic E-state index is 0.176. The fraction of sp³-hybridized carbons (Fsp3) is 0.158. The van der Waals surface area contributed by atoms with Crippen LogP contribution < -0.4 is 5.32 Å². The molecule has 4 aromatic rings. The first-order chi connectivity index (χ1) is 12.0. The Morgan fingerprint density at radius 2 is 2.08 bits per heavy atom. The standard InChI is InChI=1S/C19H16ClN3OS/c1-3-11-4-7-14-17(8-11)25-19(21-14)22-18(24)16-9-12-5-6-13(20)10-15(12)23(16)2/h4-10H,3H2,1-2H3,(H,21,22,24). The number of carbonyl (C=O) groups excluding carboxylic acids is 1. The molecule has 0 saturated heterocycles. The number of anilines is 1. The Morgan fingerprint density at radius 3 is 2.88 bits per heavy atom. The zero-order valence-corrected chi connectivity index (χ0v) is 15.4. The monoisotopic (exact) mass is 369 g/mol. The van der Waals surface area contributed by atoms with E-state index < -0.39 is 0 Å². The van der Waals surface area contributed by atoms with Crippen LogP contribution in [0.1, 0.15) is 23.0 Å². The molecule has 1 amide bonds. The van der Waals surface area contributed by atoms with Gasteiger partial charge in [-0.3, -0.25) is 10.1 Å². The summed E-state index contributed by atoms with van der Waals surface area (Å²) in [5.41, 5.74) is 3.67. The summed E-state index contributed by atoms with van der Waals surface area (Å²) < 4.78 is 2.93. The number of halogens is 1. The molecule has 4 nitrogen and oxygen atoms in total. The van der Waals surface area contributed by atoms with Crippen LogP contribution in [0.3, 0.4) is 0 Å². The number of nitrogens with zero attached hydrogens (tertiary/aromatic N) is 2. The van der Waals surface area contributed by atoms with E-state index in [2.05, 4.69) is 29.4 Å². The van der Waals surface area contributed by atoms with Crippen LogP contribution in [-0.2, 0) is 13.5 Å². The van der Waals surface area contributed by atoms with Crippen LogP contribution in [0.15, 0.2) is 42.5 Å². The van der Waals surface area contributed by atoms with Crippen LogP contribution >= 0.6 is 22.9 Å². The number of nitrogens with one attached hydrogen (secondary N) is 1. The van der Waals surface area contributed by atoms with Gasteiger partial charge in [-0.2, -0.15) is 0 Å². The molecule has 0 fully saturated rings. The number of aryl methyl sites for hydroxylation is 2. The Balaban J connectivity index is 1.67. The lowest BCUT2D eigenvalue weighted by Crippen LogP contribution is -2.15. The van der Waals surface area contributed by atoms with Crippen LogP contribution in [0, 0.1) is 0 Å². The van der Waals surface area contributed by atoms with Crippen LogP contribution in [0.25, 0.3) is 21.1 Å². The highest BCUT2D eigenvalue weighted by molar-refractivity contribution is 7.22. The van der Waals surface area contributed by atoms with Crippen molar-refractivity contribution in [3.8, 4) is 0 Å². The Labute approximate surface area is 154 Å². The van der Waals surface area contributed by atoms with Crippen LogP contribution in [0.4, 0.5) is 5.13 Å². The lowest BCUT2D eigenvalue weighted by Gasteiger charge is -2.04. The number of thiazole rings is 1. The van der Waals surface area contributed by atoms with E-state index in [1.54, 1.807) is 0 Å². The van der Waals surface area contributed by atoms with Crippen molar-refractivity contribution in [1.29, 1.82) is 0 Å². The molecule has 2 aromatic heterocycles. The highest BCUT2D eigenvalue weighted by Crippen LogP contribution is 2.28. The fourth-order valence-corrected chi connectivity index (χ4v) is 4.02. The summed E-state index contributed by atoms with van der Waals surface area (Å²) in [5, 5.41) is 5.16. The van der Waals surface area contributed by atoms with Gasteiger partial charge in [0.2, 0.25) is 0 Å². The molecule has 0 radical (unpaired) electrons. The molecule has 0 atom stereocenters. The van der Waals surface area contributed by atoms with Gasteiger partial charge in [-0.25, -0.2) is 4.98 Å². The number of hydrogen-bond acceptors (Lipinski definition) is 3. The Kier molecular flexibility index (Phi) is 3.98. The van der Waals surface area contributed by atoms with Crippen molar-refractivity contribution < 1.29 is 4.79 Å². The SMILES string of the molecule is CCc1ccc2nc(NC(=O)c3cc4ccc(Cl)cc4n3C)sc2c1. The van der Waals surface area contributed by atoms with Crippen LogP contribution in [0.2, 0.25) is 5.02 Å². The average Bonchev–Trinajstić information content (AvgIpc) is 3.14. The van der Waals surface area contributed by atoms with Crippen molar-refractivity contribution in [3.63, 3.8) is 0 Å². The van der Waals surface area contributed by atoms with Crippen molar-refractivity contribution in [2.24, 2.45) is 7.05 Å². The topological polar surface area (TPSA) is 46.9 Å². The molecule has 0 aliphatic rings. The van der Waals surface area contributed by atoms with Gasteiger partial charge in [-0.05, 0) is 42.3 Å². The molecular weight excluding hydrogens is 354 g/mol. The first-order valence-electron chi connectivity index (χ1n) is 8.01. The smallest absolute Gasteiger partial charge is 0.274 e. The Hall–Kier alpha value is -2.37. The van der Waals surface area contributed by atoms with Gasteiger partial charge in [0.1, 0.15) is 5.69 Å². The molecule has 6 heteroatoms. The highest BCUT2D eigenvalue weighted by Gasteiger charge is 2.15. The number of benzene rings is 2. The zero-order valence-electron chi connectivity index (χ0n) is 13.8. The first-order valence-corrected chi connectivity index (χ1v) is 9.20. The minimum atomic E-state index is -0.176. The van der Waals surface area contributed by atoms with Gasteiger partial charge >= 0.3 is 0 Å². The zero-order chi connectivity index (χ0) is 17.6. The van der Waals surface area contributed by atoms with Gasteiger partial charge < -0.3 is 4.57 Å². The van der Waals surface area contributed by atoms with E-state index in [0.717, 1.165) is 27.5 Å². The molecule has 0 bridgehead atoms. The molecular formula is C19H16ClN3OS. The predicted molar refractivity (Wildman–Crippen MR) is 105 cm³/mol. The summed E-state index contributed by atoms with van der Waals surface area (Å²) in [6, 6.07) is 13.7. The van der Waals surface area contributed by atoms with E-state index >= 15 is 0 Å². The number of hydrogen-bond donors (Lipinski definition) is 1. The number of amides is 1. The normalized spacial score (nSPS) is 11.3. The van der Waals surface area contributed by atoms with E-state index in [4.69, 9.17) is 11.6 Å². The van der Waals surface area contributed by atoms with E-state index in [0.29, 0.717) is 15.8 Å². The largest absolute Gasteiger partial charge is 0.340 e. The van der Waals surface area contributed by atoms with Crippen molar-refractivity contribution in [1.82, 2.24) is 9.55 Å². The van der Waals surface area contributed by atoms with Crippen molar-refractivity contribution in [2.45, 2.75) is 13.3 Å². The molecule has 0 spiro atoms. The summed E-state index contributed by atoms with van der Waals surface area (Å²) >= 11 is 7.55. The number of rotatable bonds is 3. The van der Waals surface area contributed by atoms with Gasteiger partial charge in [0.15, 0.2) is 5.13 Å². The lowest BCUT2D eigenvalue weighted by atomic mass is 10.2. The predicted octanol–water partition coefficient (Wildman–Crippen LogP) is 5.26. The summed E-state index contributed by atoms with van der Waals surface area (Å²) in [6.45, 7) is 2.12. The maximum Gasteiger partial charge on any atom is 0.274 e. The molecule has 2 aromatic carbocycles. The van der Waals surface area contributed by atoms with Crippen LogP contribution in [-0.4, -0.2) is 15.5 Å². The Morgan fingerprint density at radius 1 is 1.24 bits per heavy atom. The molecule has 2 heterocycles. The third-order valence-corrected chi connectivity index (χ3v) is 5.49. The molecule has 0 aliphatic carbocycles. The number of aromatic nitrogens is 2. The molecule has 25 heavy (non-hydrogen) atoms. The van der Waals surface area contributed by atoms with Crippen molar-refractivity contribution in [2.75, 3.05) is 5.32 Å². The number of fused-ring (bicyclic) bond motifs is 2. The summed E-state index contributed by atoms with van der Waals surface area (Å²) in [6.07, 6.45) is 0.980. The van der Waals surface area contributed by atoms with E-state index in [1.807, 2.05) is 41.9 Å². The van der Waals surface area contributed by atoms with E-state index in [9.17, 15) is 4.79 Å². The third kappa shape index (κ3) is 2.90. The Bertz CT molecular complexity index is 1110. The van der Waals surface area contributed by atoms with Gasteiger partial charge in [0.25, 0.3) is 5.91 Å². The highest BCUT2D eigenvalue weighted by atomic mass is 35.5. The second-order valence-corrected chi connectivity index (χ2v) is 7.39. The fourth-order valence-electron chi connectivity index (χ4n) is 2.92. The van der Waals surface area contributed by atoms with Crippen molar-refractivity contribution >= 4 is 55.1 Å². The van der Waals surface area contributed by atoms with Gasteiger partial charge in [-0.1, -0.05) is 42.0 Å². The van der Waals surface area contributed by atoms with Crippen molar-refractivity contribution in [3.05, 3.63) is 58.7 Å². The molecule has 0 unspecified atom stereocenters. The molecule has 126 valence electrons. The lowest BCUT2D eigenvalue weighted by molar-refractivity contribution is 0.102. The summed E-state index contributed by atoms with van der Waals surface area (Å²) in [5.74, 6) is -0.176. The summed E-state index contributed by atoms with van der Waals surface area (Å²) in [7, 11) is 1.86. The minimum Gasteiger partial charge on any atom is -0.340 e. The third-order valence-electron chi connectivity index (χ3n) is 4.32. The second-order valence-electron chi connectivity index (χ2n) is 5.92. The molecule has 0 saturated carbocycles. The quantitative estimate of drug-likeness (QED) is 0.535. The van der Waals surface area contributed by atoms with Gasteiger partial charge in [-0.15, -0.1) is 0 Å². The molecule has 0 aliphatic heterocycles. The molecule has 4 rings (SSSR count). The first kappa shape index (κ1) is 16.1. The van der Waals surface area contributed by atoms with E-state index in [1.165, 1.54) is 16.9 Å². The number of carbonyl (C=O) groups is 1. The maximum atomic E-state index is 12.7. The van der Waals surface area contributed by atoms with Crippen LogP contribution in [0.5, 0.6) is 0 Å². The van der Waals surface area contributed by atoms with Gasteiger partial charge in [0, 0.05) is 23.0 Å². The maximum absolute atomic E-state index is 12.7. The second kappa shape index (κ2) is 6.17. The van der Waals surface area contributed by atoms with E-state index in [-0.39, 0.29) is 5.91 Å².